The molecule has 0 aromatic carbocycles. The second-order valence-electron chi connectivity index (χ2n) is 6.89. The Balaban J connectivity index is 0.00000280. The first kappa shape index (κ1) is 22.9. The van der Waals surface area contributed by atoms with Crippen LogP contribution >= 0.6 is 24.0 Å². The van der Waals surface area contributed by atoms with Crippen LogP contribution in [0.1, 0.15) is 30.5 Å². The van der Waals surface area contributed by atoms with E-state index in [0.29, 0.717) is 12.7 Å². The van der Waals surface area contributed by atoms with Gasteiger partial charge in [-0.1, -0.05) is 6.07 Å². The second kappa shape index (κ2) is 12.2. The molecule has 0 saturated carbocycles. The molecule has 8 heteroatoms. The number of halogens is 1. The number of guanidine groups is 1. The van der Waals surface area contributed by atoms with Crippen LogP contribution in [0, 0.1) is 6.92 Å². The zero-order valence-electron chi connectivity index (χ0n) is 16.8. The van der Waals surface area contributed by atoms with E-state index in [2.05, 4.69) is 39.2 Å². The highest BCUT2D eigenvalue weighted by Gasteiger charge is 2.14. The van der Waals surface area contributed by atoms with Crippen LogP contribution in [0.4, 0.5) is 0 Å². The Morgan fingerprint density at radius 3 is 3.00 bits per heavy atom. The summed E-state index contributed by atoms with van der Waals surface area (Å²) in [6.07, 6.45) is 8.51. The van der Waals surface area contributed by atoms with E-state index in [1.165, 1.54) is 5.56 Å². The van der Waals surface area contributed by atoms with Crippen molar-refractivity contribution in [3.63, 3.8) is 0 Å². The fourth-order valence-corrected chi connectivity index (χ4v) is 3.23. The van der Waals surface area contributed by atoms with E-state index < -0.39 is 0 Å². The number of pyridine rings is 1. The van der Waals surface area contributed by atoms with Crippen LogP contribution in [0.15, 0.2) is 29.5 Å². The average Bonchev–Trinajstić information content (AvgIpc) is 3.33. The van der Waals surface area contributed by atoms with Gasteiger partial charge in [-0.25, -0.2) is 4.98 Å². The highest BCUT2D eigenvalue weighted by Crippen LogP contribution is 2.12. The summed E-state index contributed by atoms with van der Waals surface area (Å²) in [5.41, 5.74) is 3.30. The van der Waals surface area contributed by atoms with Gasteiger partial charge in [-0.3, -0.25) is 4.99 Å². The third kappa shape index (κ3) is 6.89. The van der Waals surface area contributed by atoms with Crippen molar-refractivity contribution in [2.75, 3.05) is 40.0 Å². The van der Waals surface area contributed by atoms with Gasteiger partial charge >= 0.3 is 0 Å². The zero-order valence-corrected chi connectivity index (χ0v) is 19.1. The molecule has 0 spiro atoms. The predicted octanol–water partition coefficient (Wildman–Crippen LogP) is 2.55. The van der Waals surface area contributed by atoms with Crippen molar-refractivity contribution < 1.29 is 9.47 Å². The monoisotopic (exact) mass is 501 g/mol. The highest BCUT2D eigenvalue weighted by atomic mass is 127. The molecule has 2 aromatic heterocycles. The smallest absolute Gasteiger partial charge is 0.190 e. The van der Waals surface area contributed by atoms with E-state index >= 15 is 0 Å². The molecule has 1 unspecified atom stereocenters. The number of nitrogens with zero attached hydrogens (tertiary/aromatic N) is 3. The molecule has 0 aliphatic carbocycles. The maximum Gasteiger partial charge on any atom is 0.190 e. The molecule has 1 fully saturated rings. The summed E-state index contributed by atoms with van der Waals surface area (Å²) in [5, 5.41) is 6.66. The maximum absolute atomic E-state index is 5.67. The molecule has 3 heterocycles. The van der Waals surface area contributed by atoms with Gasteiger partial charge in [0.2, 0.25) is 0 Å². The molecule has 7 nitrogen and oxygen atoms in total. The van der Waals surface area contributed by atoms with E-state index in [1.54, 1.807) is 7.05 Å². The normalized spacial score (nSPS) is 16.9. The van der Waals surface area contributed by atoms with Gasteiger partial charge in [-0.15, -0.1) is 24.0 Å². The lowest BCUT2D eigenvalue weighted by Gasteiger charge is -2.12. The number of rotatable bonds is 9. The molecule has 0 bridgehead atoms. The van der Waals surface area contributed by atoms with E-state index in [-0.39, 0.29) is 24.0 Å². The fourth-order valence-electron chi connectivity index (χ4n) is 3.23. The van der Waals surface area contributed by atoms with Crippen molar-refractivity contribution in [3.8, 4) is 0 Å². The summed E-state index contributed by atoms with van der Waals surface area (Å²) in [6.45, 7) is 6.04. The first-order chi connectivity index (χ1) is 13.3. The molecule has 1 aliphatic rings. The molecule has 0 radical (unpaired) electrons. The predicted molar refractivity (Wildman–Crippen MR) is 123 cm³/mol. The summed E-state index contributed by atoms with van der Waals surface area (Å²) < 4.78 is 13.3. The zero-order chi connectivity index (χ0) is 18.9. The Morgan fingerprint density at radius 1 is 1.39 bits per heavy atom. The van der Waals surface area contributed by atoms with E-state index in [9.17, 15) is 0 Å². The van der Waals surface area contributed by atoms with Crippen molar-refractivity contribution in [1.82, 2.24) is 20.0 Å². The van der Waals surface area contributed by atoms with Crippen LogP contribution in [0.5, 0.6) is 0 Å². The molecule has 2 N–H and O–H groups in total. The van der Waals surface area contributed by atoms with Crippen LogP contribution in [-0.4, -0.2) is 61.4 Å². The Morgan fingerprint density at radius 2 is 2.25 bits per heavy atom. The van der Waals surface area contributed by atoms with Crippen LogP contribution in [-0.2, 0) is 15.9 Å². The summed E-state index contributed by atoms with van der Waals surface area (Å²) in [4.78, 5) is 8.96. The lowest BCUT2D eigenvalue weighted by molar-refractivity contribution is 0.0168. The van der Waals surface area contributed by atoms with Crippen LogP contribution in [0.3, 0.4) is 0 Å². The van der Waals surface area contributed by atoms with E-state index in [4.69, 9.17) is 14.5 Å². The summed E-state index contributed by atoms with van der Waals surface area (Å²) in [5.74, 6) is 0.814. The van der Waals surface area contributed by atoms with Crippen molar-refractivity contribution >= 4 is 35.6 Å². The molecule has 156 valence electrons. The van der Waals surface area contributed by atoms with Crippen LogP contribution in [0.25, 0.3) is 5.65 Å². The summed E-state index contributed by atoms with van der Waals surface area (Å²) in [7, 11) is 1.79. The minimum atomic E-state index is 0. The van der Waals surface area contributed by atoms with Gasteiger partial charge in [0.15, 0.2) is 5.96 Å². The number of aryl methyl sites for hydroxylation is 1. The lowest BCUT2D eigenvalue weighted by Crippen LogP contribution is -2.39. The Labute approximate surface area is 184 Å². The van der Waals surface area contributed by atoms with Crippen molar-refractivity contribution in [2.24, 2.45) is 4.99 Å². The van der Waals surface area contributed by atoms with E-state index in [0.717, 1.165) is 69.3 Å². The maximum atomic E-state index is 5.67. The summed E-state index contributed by atoms with van der Waals surface area (Å²) in [6, 6.07) is 4.13. The number of aromatic nitrogens is 2. The number of fused-ring (bicyclic) bond motifs is 1. The molecule has 1 aliphatic heterocycles. The molecule has 1 atom stereocenters. The van der Waals surface area contributed by atoms with Gasteiger partial charge in [0.25, 0.3) is 0 Å². The molecule has 1 saturated heterocycles. The van der Waals surface area contributed by atoms with Crippen molar-refractivity contribution in [3.05, 3.63) is 35.8 Å². The number of hydrogen-bond donors (Lipinski definition) is 2. The quantitative estimate of drug-likeness (QED) is 0.239. The molecule has 0 amide bonds. The second-order valence-corrected chi connectivity index (χ2v) is 6.89. The average molecular weight is 501 g/mol. The molecule has 2 aromatic rings. The SMILES string of the molecule is CN=C(NCCCOCC1CCCO1)NCCc1cn2cccc(C)c2n1.I. The minimum Gasteiger partial charge on any atom is -0.379 e. The van der Waals surface area contributed by atoms with Gasteiger partial charge in [0, 0.05) is 52.2 Å². The number of hydrogen-bond acceptors (Lipinski definition) is 4. The summed E-state index contributed by atoms with van der Waals surface area (Å²) >= 11 is 0. The fraction of sp³-hybridized carbons (Fsp3) is 0.600. The van der Waals surface area contributed by atoms with Gasteiger partial charge in [0.1, 0.15) is 5.65 Å². The van der Waals surface area contributed by atoms with Gasteiger partial charge < -0.3 is 24.5 Å². The van der Waals surface area contributed by atoms with Crippen molar-refractivity contribution in [2.45, 2.75) is 38.7 Å². The Kier molecular flexibility index (Phi) is 10.0. The van der Waals surface area contributed by atoms with Gasteiger partial charge in [0.05, 0.1) is 18.4 Å². The van der Waals surface area contributed by atoms with Gasteiger partial charge in [-0.2, -0.15) is 0 Å². The minimum absolute atomic E-state index is 0. The molecular weight excluding hydrogens is 469 g/mol. The topological polar surface area (TPSA) is 72.2 Å². The lowest BCUT2D eigenvalue weighted by atomic mass is 10.2. The Hall–Kier alpha value is -1.39. The first-order valence-electron chi connectivity index (χ1n) is 9.83. The molecular formula is C20H32IN5O2. The highest BCUT2D eigenvalue weighted by molar-refractivity contribution is 14.0. The number of ether oxygens (including phenoxy) is 2. The number of aliphatic imine (C=N–C) groups is 1. The largest absolute Gasteiger partial charge is 0.379 e. The first-order valence-corrected chi connectivity index (χ1v) is 9.83. The van der Waals surface area contributed by atoms with Crippen LogP contribution < -0.4 is 10.6 Å². The van der Waals surface area contributed by atoms with Crippen molar-refractivity contribution in [1.29, 1.82) is 0 Å². The standard InChI is InChI=1S/C20H31N5O2.HI/c1-16-6-3-11-25-14-17(24-19(16)25)8-10-23-20(21-2)22-9-5-12-26-15-18-7-4-13-27-18;/h3,6,11,14,18H,4-5,7-10,12-13,15H2,1-2H3,(H2,21,22,23);1H. The Bertz CT molecular complexity index is 743. The molecule has 28 heavy (non-hydrogen) atoms. The third-order valence-electron chi connectivity index (χ3n) is 4.71. The van der Waals surface area contributed by atoms with Gasteiger partial charge in [-0.05, 0) is 37.8 Å². The number of imidazole rings is 1. The van der Waals surface area contributed by atoms with E-state index in [1.807, 2.05) is 12.3 Å². The molecule has 3 rings (SSSR count). The van der Waals surface area contributed by atoms with Crippen LogP contribution in [0.2, 0.25) is 0 Å². The number of nitrogens with one attached hydrogen (secondary N) is 2. The third-order valence-corrected chi connectivity index (χ3v) is 4.71.